The summed E-state index contributed by atoms with van der Waals surface area (Å²) in [6.45, 7) is 0. The van der Waals surface area contributed by atoms with Gasteiger partial charge in [0.25, 0.3) is 0 Å². The normalized spacial score (nSPS) is 10.2. The Morgan fingerprint density at radius 3 is 1.52 bits per heavy atom. The maximum Gasteiger partial charge on any atom is 0.224 e. The summed E-state index contributed by atoms with van der Waals surface area (Å²) in [5, 5.41) is 42.7. The lowest BCUT2D eigenvalue weighted by Crippen LogP contribution is -2.15. The van der Waals surface area contributed by atoms with Crippen LogP contribution in [0.15, 0.2) is 36.4 Å². The van der Waals surface area contributed by atoms with E-state index in [0.717, 1.165) is 0 Å². The van der Waals surface area contributed by atoms with Crippen LogP contribution in [0.3, 0.4) is 0 Å². The Kier molecular flexibility index (Phi) is 5.67. The second kappa shape index (κ2) is 7.91. The lowest BCUT2D eigenvalue weighted by atomic mass is 10.2. The second-order valence-electron chi connectivity index (χ2n) is 5.35. The molecule has 0 aliphatic carbocycles. The summed E-state index contributed by atoms with van der Waals surface area (Å²) in [6.07, 6.45) is 0.278. The van der Waals surface area contributed by atoms with Gasteiger partial charge in [0.2, 0.25) is 11.8 Å². The zero-order chi connectivity index (χ0) is 18.4. The molecular weight excluding hydrogens is 328 g/mol. The number of aromatic hydroxyl groups is 4. The van der Waals surface area contributed by atoms with E-state index in [1.54, 1.807) is 0 Å². The van der Waals surface area contributed by atoms with Gasteiger partial charge in [-0.05, 0) is 30.7 Å². The van der Waals surface area contributed by atoms with Crippen LogP contribution in [0.2, 0.25) is 0 Å². The fourth-order valence-corrected chi connectivity index (χ4v) is 2.08. The Labute approximate surface area is 143 Å². The summed E-state index contributed by atoms with van der Waals surface area (Å²) in [6, 6.07) is 7.49. The SMILES string of the molecule is O=C(CCCC(=O)Nc1cc(O)ccc1O)Nc1cc(O)ccc1O. The number of carbonyl (C=O) groups is 2. The van der Waals surface area contributed by atoms with E-state index in [4.69, 9.17) is 0 Å². The van der Waals surface area contributed by atoms with Crippen molar-refractivity contribution < 1.29 is 30.0 Å². The minimum Gasteiger partial charge on any atom is -0.508 e. The lowest BCUT2D eigenvalue weighted by Gasteiger charge is -2.09. The summed E-state index contributed by atoms with van der Waals surface area (Å²) in [5.74, 6) is -1.40. The molecule has 0 radical (unpaired) electrons. The van der Waals surface area contributed by atoms with E-state index in [1.807, 2.05) is 0 Å². The predicted octanol–water partition coefficient (Wildman–Crippen LogP) is 2.26. The van der Waals surface area contributed by atoms with Crippen molar-refractivity contribution in [3.05, 3.63) is 36.4 Å². The van der Waals surface area contributed by atoms with Crippen molar-refractivity contribution in [1.29, 1.82) is 0 Å². The number of hydrogen-bond donors (Lipinski definition) is 6. The van der Waals surface area contributed by atoms with Gasteiger partial charge < -0.3 is 31.1 Å². The number of nitrogens with one attached hydrogen (secondary N) is 2. The first-order valence-corrected chi connectivity index (χ1v) is 7.49. The minimum absolute atomic E-state index is 0.0224. The first-order chi connectivity index (χ1) is 11.8. The van der Waals surface area contributed by atoms with Crippen LogP contribution in [-0.2, 0) is 9.59 Å². The van der Waals surface area contributed by atoms with E-state index in [9.17, 15) is 30.0 Å². The molecule has 2 rings (SSSR count). The Morgan fingerprint density at radius 1 is 0.720 bits per heavy atom. The average Bonchev–Trinajstić information content (AvgIpc) is 2.54. The van der Waals surface area contributed by atoms with Crippen molar-refractivity contribution in [2.45, 2.75) is 19.3 Å². The monoisotopic (exact) mass is 346 g/mol. The van der Waals surface area contributed by atoms with Crippen molar-refractivity contribution in [3.8, 4) is 23.0 Å². The molecule has 2 amide bonds. The molecule has 0 aliphatic rings. The van der Waals surface area contributed by atoms with Crippen LogP contribution in [0.1, 0.15) is 19.3 Å². The number of carbonyl (C=O) groups excluding carboxylic acids is 2. The second-order valence-corrected chi connectivity index (χ2v) is 5.35. The first kappa shape index (κ1) is 17.9. The third kappa shape index (κ3) is 5.31. The van der Waals surface area contributed by atoms with E-state index in [-0.39, 0.29) is 53.6 Å². The molecule has 0 fully saturated rings. The van der Waals surface area contributed by atoms with E-state index < -0.39 is 11.8 Å². The van der Waals surface area contributed by atoms with Gasteiger partial charge >= 0.3 is 0 Å². The number of hydrogen-bond acceptors (Lipinski definition) is 6. The van der Waals surface area contributed by atoms with Crippen LogP contribution in [0.4, 0.5) is 11.4 Å². The number of rotatable bonds is 6. The summed E-state index contributed by atoms with van der Waals surface area (Å²) in [5.41, 5.74) is 0.165. The Hall–Kier alpha value is -3.42. The summed E-state index contributed by atoms with van der Waals surface area (Å²) >= 11 is 0. The third-order valence-corrected chi connectivity index (χ3v) is 3.32. The molecule has 8 nitrogen and oxygen atoms in total. The van der Waals surface area contributed by atoms with Crippen molar-refractivity contribution >= 4 is 23.2 Å². The smallest absolute Gasteiger partial charge is 0.224 e. The predicted molar refractivity (Wildman–Crippen MR) is 90.7 cm³/mol. The maximum absolute atomic E-state index is 11.8. The number of amides is 2. The molecular formula is C17H18N2O6. The molecule has 0 heterocycles. The molecule has 8 heteroatoms. The van der Waals surface area contributed by atoms with Gasteiger partial charge in [0.05, 0.1) is 11.4 Å². The highest BCUT2D eigenvalue weighted by atomic mass is 16.3. The zero-order valence-corrected chi connectivity index (χ0v) is 13.2. The number of anilines is 2. The van der Waals surface area contributed by atoms with Gasteiger partial charge in [-0.25, -0.2) is 0 Å². The van der Waals surface area contributed by atoms with E-state index in [2.05, 4.69) is 10.6 Å². The van der Waals surface area contributed by atoms with Crippen LogP contribution in [0, 0.1) is 0 Å². The molecule has 0 aliphatic heterocycles. The van der Waals surface area contributed by atoms with Gasteiger partial charge in [0.15, 0.2) is 0 Å². The number of phenolic OH excluding ortho intramolecular Hbond substituents is 4. The van der Waals surface area contributed by atoms with Crippen LogP contribution >= 0.6 is 0 Å². The minimum atomic E-state index is -0.422. The van der Waals surface area contributed by atoms with Crippen molar-refractivity contribution in [1.82, 2.24) is 0 Å². The molecule has 6 N–H and O–H groups in total. The van der Waals surface area contributed by atoms with Gasteiger partial charge in [-0.2, -0.15) is 0 Å². The highest BCUT2D eigenvalue weighted by molar-refractivity contribution is 5.94. The molecule has 0 bridgehead atoms. The van der Waals surface area contributed by atoms with Gasteiger partial charge in [-0.1, -0.05) is 0 Å². The van der Waals surface area contributed by atoms with Crippen molar-refractivity contribution in [3.63, 3.8) is 0 Å². The van der Waals surface area contributed by atoms with Crippen molar-refractivity contribution in [2.24, 2.45) is 0 Å². The molecule has 0 aromatic heterocycles. The molecule has 2 aromatic rings. The summed E-state index contributed by atoms with van der Waals surface area (Å²) in [4.78, 5) is 23.6. The molecule has 0 saturated heterocycles. The van der Waals surface area contributed by atoms with Crippen LogP contribution in [-0.4, -0.2) is 32.2 Å². The lowest BCUT2D eigenvalue weighted by molar-refractivity contribution is -0.117. The van der Waals surface area contributed by atoms with E-state index >= 15 is 0 Å². The summed E-state index contributed by atoms with van der Waals surface area (Å²) < 4.78 is 0. The van der Waals surface area contributed by atoms with Crippen LogP contribution in [0.5, 0.6) is 23.0 Å². The fraction of sp³-hybridized carbons (Fsp3) is 0.176. The third-order valence-electron chi connectivity index (χ3n) is 3.32. The molecule has 2 aromatic carbocycles. The molecule has 0 saturated carbocycles. The molecule has 0 spiro atoms. The quantitative estimate of drug-likeness (QED) is 0.350. The first-order valence-electron chi connectivity index (χ1n) is 7.49. The number of phenols is 4. The zero-order valence-electron chi connectivity index (χ0n) is 13.2. The largest absolute Gasteiger partial charge is 0.508 e. The van der Waals surface area contributed by atoms with Gasteiger partial charge in [-0.15, -0.1) is 0 Å². The van der Waals surface area contributed by atoms with E-state index in [1.165, 1.54) is 36.4 Å². The maximum atomic E-state index is 11.8. The molecule has 132 valence electrons. The Bertz CT molecular complexity index is 725. The van der Waals surface area contributed by atoms with Crippen molar-refractivity contribution in [2.75, 3.05) is 10.6 Å². The molecule has 0 unspecified atom stereocenters. The van der Waals surface area contributed by atoms with Crippen LogP contribution in [0.25, 0.3) is 0 Å². The fourth-order valence-electron chi connectivity index (χ4n) is 2.08. The van der Waals surface area contributed by atoms with Gasteiger partial charge in [-0.3, -0.25) is 9.59 Å². The number of benzene rings is 2. The van der Waals surface area contributed by atoms with E-state index in [0.29, 0.717) is 0 Å². The molecule has 25 heavy (non-hydrogen) atoms. The van der Waals surface area contributed by atoms with Gasteiger partial charge in [0.1, 0.15) is 23.0 Å². The summed E-state index contributed by atoms with van der Waals surface area (Å²) in [7, 11) is 0. The highest BCUT2D eigenvalue weighted by Crippen LogP contribution is 2.28. The van der Waals surface area contributed by atoms with Crippen LogP contribution < -0.4 is 10.6 Å². The molecule has 0 atom stereocenters. The Morgan fingerprint density at radius 2 is 1.12 bits per heavy atom. The average molecular weight is 346 g/mol. The van der Waals surface area contributed by atoms with Gasteiger partial charge in [0, 0.05) is 25.0 Å². The standard InChI is InChI=1S/C17H18N2O6/c20-10-4-6-14(22)12(8-10)18-16(24)2-1-3-17(25)19-13-9-11(21)5-7-15(13)23/h4-9,20-23H,1-3H2,(H,18,24)(H,19,25). The topological polar surface area (TPSA) is 139 Å². The highest BCUT2D eigenvalue weighted by Gasteiger charge is 2.10. The Balaban J connectivity index is 1.79.